The average Bonchev–Trinajstić information content (AvgIpc) is 2.76. The van der Waals surface area contributed by atoms with Gasteiger partial charge in [0.2, 0.25) is 0 Å². The lowest BCUT2D eigenvalue weighted by Gasteiger charge is -1.92. The summed E-state index contributed by atoms with van der Waals surface area (Å²) < 4.78 is 5.52. The van der Waals surface area contributed by atoms with E-state index in [1.807, 2.05) is 0 Å². The highest BCUT2D eigenvalue weighted by molar-refractivity contribution is 4.83. The first-order valence-corrected chi connectivity index (χ1v) is 5.04. The van der Waals surface area contributed by atoms with Crippen LogP contribution in [0.2, 0.25) is 0 Å². The summed E-state index contributed by atoms with van der Waals surface area (Å²) in [5, 5.41) is 0. The Morgan fingerprint density at radius 3 is 1.73 bits per heavy atom. The summed E-state index contributed by atoms with van der Waals surface area (Å²) in [6, 6.07) is 0. The Hall–Kier alpha value is -0.0400. The third kappa shape index (κ3) is 3.24. The van der Waals surface area contributed by atoms with Crippen LogP contribution >= 0.6 is 0 Å². The van der Waals surface area contributed by atoms with Crippen molar-refractivity contribution in [2.45, 2.75) is 64.6 Å². The molecule has 0 aromatic carbocycles. The van der Waals surface area contributed by atoms with Gasteiger partial charge < -0.3 is 4.74 Å². The van der Waals surface area contributed by atoms with Crippen molar-refractivity contribution < 1.29 is 4.74 Å². The molecule has 1 heteroatoms. The van der Waals surface area contributed by atoms with Crippen LogP contribution < -0.4 is 0 Å². The first kappa shape index (κ1) is 9.05. The summed E-state index contributed by atoms with van der Waals surface area (Å²) in [7, 11) is 0. The summed E-state index contributed by atoms with van der Waals surface area (Å²) in [5.74, 6) is 0. The maximum Gasteiger partial charge on any atom is 0.0841 e. The summed E-state index contributed by atoms with van der Waals surface area (Å²) >= 11 is 0. The standard InChI is InChI=1S/C10H20O/c1-3-5-7-9-10(11-9)8-6-4-2/h9-10H,3-8H2,1-2H3/t9-,10-/m0/s1. The number of hydrogen-bond acceptors (Lipinski definition) is 1. The molecule has 1 rings (SSSR count). The predicted molar refractivity (Wildman–Crippen MR) is 47.7 cm³/mol. The molecule has 2 atom stereocenters. The lowest BCUT2D eigenvalue weighted by Crippen LogP contribution is -1.93. The zero-order valence-corrected chi connectivity index (χ0v) is 7.81. The Kier molecular flexibility index (Phi) is 3.92. The summed E-state index contributed by atoms with van der Waals surface area (Å²) in [4.78, 5) is 0. The van der Waals surface area contributed by atoms with E-state index in [0.29, 0.717) is 12.2 Å². The highest BCUT2D eigenvalue weighted by atomic mass is 16.6. The van der Waals surface area contributed by atoms with Crippen molar-refractivity contribution in [1.29, 1.82) is 0 Å². The highest BCUT2D eigenvalue weighted by Gasteiger charge is 2.36. The van der Waals surface area contributed by atoms with Crippen LogP contribution in [0.5, 0.6) is 0 Å². The van der Waals surface area contributed by atoms with Gasteiger partial charge in [-0.1, -0.05) is 39.5 Å². The zero-order valence-electron chi connectivity index (χ0n) is 7.81. The van der Waals surface area contributed by atoms with Crippen molar-refractivity contribution in [2.75, 3.05) is 0 Å². The van der Waals surface area contributed by atoms with Gasteiger partial charge in [-0.05, 0) is 12.8 Å². The first-order chi connectivity index (χ1) is 5.38. The number of rotatable bonds is 6. The maximum atomic E-state index is 5.52. The molecule has 11 heavy (non-hydrogen) atoms. The van der Waals surface area contributed by atoms with E-state index in [1.165, 1.54) is 38.5 Å². The lowest BCUT2D eigenvalue weighted by atomic mass is 10.1. The Balaban J connectivity index is 1.89. The first-order valence-electron chi connectivity index (χ1n) is 5.04. The molecule has 0 N–H and O–H groups in total. The molecule has 0 aromatic heterocycles. The van der Waals surface area contributed by atoms with Crippen LogP contribution in [0.1, 0.15) is 52.4 Å². The van der Waals surface area contributed by atoms with Crippen LogP contribution in [0.4, 0.5) is 0 Å². The fraction of sp³-hybridized carbons (Fsp3) is 1.00. The number of unbranched alkanes of at least 4 members (excludes halogenated alkanes) is 2. The molecule has 0 saturated carbocycles. The summed E-state index contributed by atoms with van der Waals surface area (Å²) in [6.45, 7) is 4.48. The topological polar surface area (TPSA) is 12.5 Å². The van der Waals surface area contributed by atoms with Crippen molar-refractivity contribution in [1.82, 2.24) is 0 Å². The zero-order chi connectivity index (χ0) is 8.10. The van der Waals surface area contributed by atoms with Crippen LogP contribution in [0.15, 0.2) is 0 Å². The van der Waals surface area contributed by atoms with Crippen LogP contribution in [0, 0.1) is 0 Å². The molecule has 0 aliphatic carbocycles. The average molecular weight is 156 g/mol. The molecule has 0 aromatic rings. The maximum absolute atomic E-state index is 5.52. The quantitative estimate of drug-likeness (QED) is 0.538. The summed E-state index contributed by atoms with van der Waals surface area (Å²) in [5.41, 5.74) is 0. The largest absolute Gasteiger partial charge is 0.370 e. The van der Waals surface area contributed by atoms with Crippen molar-refractivity contribution in [2.24, 2.45) is 0 Å². The number of hydrogen-bond donors (Lipinski definition) is 0. The molecule has 1 aliphatic heterocycles. The number of ether oxygens (including phenoxy) is 1. The lowest BCUT2D eigenvalue weighted by molar-refractivity contribution is 0.350. The van der Waals surface area contributed by atoms with Gasteiger partial charge in [0.1, 0.15) is 0 Å². The van der Waals surface area contributed by atoms with Gasteiger partial charge in [0, 0.05) is 0 Å². The second-order valence-corrected chi connectivity index (χ2v) is 3.50. The van der Waals surface area contributed by atoms with Gasteiger partial charge in [0.15, 0.2) is 0 Å². The van der Waals surface area contributed by atoms with E-state index >= 15 is 0 Å². The molecule has 1 saturated heterocycles. The summed E-state index contributed by atoms with van der Waals surface area (Å²) in [6.07, 6.45) is 9.17. The Bertz CT molecular complexity index is 89.0. The van der Waals surface area contributed by atoms with Crippen LogP contribution in [0.3, 0.4) is 0 Å². The van der Waals surface area contributed by atoms with E-state index in [2.05, 4.69) is 13.8 Å². The van der Waals surface area contributed by atoms with Gasteiger partial charge >= 0.3 is 0 Å². The third-order valence-corrected chi connectivity index (χ3v) is 2.37. The van der Waals surface area contributed by atoms with Crippen LogP contribution in [-0.4, -0.2) is 12.2 Å². The van der Waals surface area contributed by atoms with Gasteiger partial charge in [-0.2, -0.15) is 0 Å². The van der Waals surface area contributed by atoms with Crippen LogP contribution in [0.25, 0.3) is 0 Å². The minimum atomic E-state index is 0.640. The highest BCUT2D eigenvalue weighted by Crippen LogP contribution is 2.30. The SMILES string of the molecule is CCCC[C@@H]1O[C@H]1CCCC. The second kappa shape index (κ2) is 4.76. The molecule has 0 spiro atoms. The minimum absolute atomic E-state index is 0.640. The molecular formula is C10H20O. The van der Waals surface area contributed by atoms with E-state index in [-0.39, 0.29) is 0 Å². The van der Waals surface area contributed by atoms with E-state index in [0.717, 1.165) is 0 Å². The van der Waals surface area contributed by atoms with E-state index in [9.17, 15) is 0 Å². The normalized spacial score (nSPS) is 28.9. The molecule has 0 bridgehead atoms. The monoisotopic (exact) mass is 156 g/mol. The van der Waals surface area contributed by atoms with E-state index in [1.54, 1.807) is 0 Å². The Labute approximate surface area is 70.1 Å². The molecular weight excluding hydrogens is 136 g/mol. The van der Waals surface area contributed by atoms with Crippen molar-refractivity contribution >= 4 is 0 Å². The molecule has 1 fully saturated rings. The van der Waals surface area contributed by atoms with E-state index < -0.39 is 0 Å². The molecule has 0 radical (unpaired) electrons. The second-order valence-electron chi connectivity index (χ2n) is 3.50. The molecule has 0 amide bonds. The fourth-order valence-corrected chi connectivity index (χ4v) is 1.50. The van der Waals surface area contributed by atoms with Gasteiger partial charge in [-0.3, -0.25) is 0 Å². The third-order valence-electron chi connectivity index (χ3n) is 2.37. The van der Waals surface area contributed by atoms with Gasteiger partial charge in [-0.25, -0.2) is 0 Å². The molecule has 1 aliphatic rings. The minimum Gasteiger partial charge on any atom is -0.370 e. The molecule has 66 valence electrons. The van der Waals surface area contributed by atoms with E-state index in [4.69, 9.17) is 4.74 Å². The predicted octanol–water partition coefficient (Wildman–Crippen LogP) is 3.13. The van der Waals surface area contributed by atoms with Crippen molar-refractivity contribution in [3.63, 3.8) is 0 Å². The molecule has 1 nitrogen and oxygen atoms in total. The van der Waals surface area contributed by atoms with Crippen molar-refractivity contribution in [3.05, 3.63) is 0 Å². The Morgan fingerprint density at radius 2 is 1.36 bits per heavy atom. The number of epoxide rings is 1. The molecule has 0 unspecified atom stereocenters. The fourth-order valence-electron chi connectivity index (χ4n) is 1.50. The van der Waals surface area contributed by atoms with Gasteiger partial charge in [0.05, 0.1) is 12.2 Å². The molecule has 1 heterocycles. The van der Waals surface area contributed by atoms with Crippen molar-refractivity contribution in [3.8, 4) is 0 Å². The van der Waals surface area contributed by atoms with Gasteiger partial charge in [-0.15, -0.1) is 0 Å². The Morgan fingerprint density at radius 1 is 0.909 bits per heavy atom. The smallest absolute Gasteiger partial charge is 0.0841 e. The van der Waals surface area contributed by atoms with Crippen LogP contribution in [-0.2, 0) is 4.74 Å². The van der Waals surface area contributed by atoms with Gasteiger partial charge in [0.25, 0.3) is 0 Å².